The molecule has 1 saturated carbocycles. The second-order valence-electron chi connectivity index (χ2n) is 6.52. The number of rotatable bonds is 4. The smallest absolute Gasteiger partial charge is 0.0474 e. The van der Waals surface area contributed by atoms with Crippen LogP contribution in [-0.4, -0.2) is 54.4 Å². The van der Waals surface area contributed by atoms with Crippen LogP contribution in [0.15, 0.2) is 0 Å². The van der Waals surface area contributed by atoms with E-state index in [9.17, 15) is 5.11 Å². The summed E-state index contributed by atoms with van der Waals surface area (Å²) in [6.07, 6.45) is 6.11. The average molecular weight is 253 g/mol. The first kappa shape index (κ1) is 12.9. The summed E-state index contributed by atoms with van der Waals surface area (Å²) in [4.78, 5) is 2.57. The molecule has 0 aromatic heterocycles. The minimum atomic E-state index is 0.148. The monoisotopic (exact) mass is 253 g/mol. The fraction of sp³-hybridized carbons (Fsp3) is 1.00. The van der Waals surface area contributed by atoms with E-state index in [0.717, 1.165) is 12.5 Å². The summed E-state index contributed by atoms with van der Waals surface area (Å²) in [7, 11) is 0. The lowest BCUT2D eigenvalue weighted by Gasteiger charge is -2.45. The molecule has 2 bridgehead atoms. The topological polar surface area (TPSA) is 61.5 Å². The standard InChI is InChI=1S/C14H27N3O/c15-10-14(5-7-17-6-4-12(14)8-17)16-13-3-1-2-11(13)9-18/h11-13,16,18H,1-10,15H2. The lowest BCUT2D eigenvalue weighted by molar-refractivity contribution is 0.104. The summed E-state index contributed by atoms with van der Waals surface area (Å²) in [6.45, 7) is 4.75. The van der Waals surface area contributed by atoms with Gasteiger partial charge in [-0.2, -0.15) is 0 Å². The number of nitrogens with one attached hydrogen (secondary N) is 1. The van der Waals surface area contributed by atoms with E-state index in [0.29, 0.717) is 18.6 Å². The van der Waals surface area contributed by atoms with Crippen molar-refractivity contribution in [3.63, 3.8) is 0 Å². The van der Waals surface area contributed by atoms with Crippen LogP contribution in [0, 0.1) is 11.8 Å². The van der Waals surface area contributed by atoms with Crippen molar-refractivity contribution < 1.29 is 5.11 Å². The van der Waals surface area contributed by atoms with Gasteiger partial charge in [0, 0.05) is 31.3 Å². The van der Waals surface area contributed by atoms with Crippen LogP contribution in [0.3, 0.4) is 0 Å². The minimum Gasteiger partial charge on any atom is -0.396 e. The Balaban J connectivity index is 1.71. The molecule has 104 valence electrons. The van der Waals surface area contributed by atoms with E-state index in [1.807, 2.05) is 0 Å². The van der Waals surface area contributed by atoms with Crippen molar-refractivity contribution in [1.29, 1.82) is 0 Å². The van der Waals surface area contributed by atoms with Crippen molar-refractivity contribution in [3.05, 3.63) is 0 Å². The van der Waals surface area contributed by atoms with Gasteiger partial charge in [-0.05, 0) is 50.6 Å². The first-order chi connectivity index (χ1) is 8.77. The Labute approximate surface area is 110 Å². The average Bonchev–Trinajstić information content (AvgIpc) is 3.00. The Morgan fingerprint density at radius 1 is 1.28 bits per heavy atom. The maximum Gasteiger partial charge on any atom is 0.0474 e. The number of aliphatic hydroxyl groups excluding tert-OH is 1. The third-order valence-corrected chi connectivity index (χ3v) is 5.66. The molecule has 5 atom stereocenters. The third-order valence-electron chi connectivity index (χ3n) is 5.66. The van der Waals surface area contributed by atoms with Crippen molar-refractivity contribution in [2.75, 3.05) is 32.8 Å². The molecule has 4 N–H and O–H groups in total. The highest BCUT2D eigenvalue weighted by Crippen LogP contribution is 2.37. The van der Waals surface area contributed by atoms with Gasteiger partial charge in [0.2, 0.25) is 0 Å². The van der Waals surface area contributed by atoms with Gasteiger partial charge in [-0.1, -0.05) is 6.42 Å². The Bertz CT molecular complexity index is 299. The summed E-state index contributed by atoms with van der Waals surface area (Å²) in [5.41, 5.74) is 6.29. The lowest BCUT2D eigenvalue weighted by Crippen LogP contribution is -2.63. The number of nitrogens with zero attached hydrogens (tertiary/aromatic N) is 1. The van der Waals surface area contributed by atoms with E-state index in [1.165, 1.54) is 51.7 Å². The molecule has 2 saturated heterocycles. The van der Waals surface area contributed by atoms with Crippen LogP contribution in [0.4, 0.5) is 0 Å². The highest BCUT2D eigenvalue weighted by Gasteiger charge is 2.47. The van der Waals surface area contributed by atoms with Gasteiger partial charge in [0.25, 0.3) is 0 Å². The second kappa shape index (κ2) is 5.08. The summed E-state index contributed by atoms with van der Waals surface area (Å²) < 4.78 is 0. The molecule has 0 aromatic rings. The molecule has 2 heterocycles. The van der Waals surface area contributed by atoms with Crippen LogP contribution in [0.2, 0.25) is 0 Å². The van der Waals surface area contributed by atoms with Crippen LogP contribution in [0.1, 0.15) is 32.1 Å². The van der Waals surface area contributed by atoms with Crippen molar-refractivity contribution in [2.45, 2.75) is 43.7 Å². The number of aliphatic hydroxyl groups is 1. The zero-order chi connectivity index (χ0) is 12.6. The molecule has 2 aliphatic heterocycles. The normalized spacial score (nSPS) is 47.7. The van der Waals surface area contributed by atoms with Crippen molar-refractivity contribution in [1.82, 2.24) is 10.2 Å². The molecule has 1 aliphatic carbocycles. The zero-order valence-electron chi connectivity index (χ0n) is 11.3. The number of fused-ring (bicyclic) bond motifs is 2. The summed E-state index contributed by atoms with van der Waals surface area (Å²) in [5.74, 6) is 1.17. The number of hydrogen-bond acceptors (Lipinski definition) is 4. The zero-order valence-corrected chi connectivity index (χ0v) is 11.3. The summed E-state index contributed by atoms with van der Waals surface area (Å²) in [6, 6.07) is 0.491. The van der Waals surface area contributed by atoms with Gasteiger partial charge in [-0.3, -0.25) is 0 Å². The number of piperidine rings is 1. The summed E-state index contributed by atoms with van der Waals surface area (Å²) in [5, 5.41) is 13.4. The maximum atomic E-state index is 9.47. The Morgan fingerprint density at radius 3 is 2.94 bits per heavy atom. The van der Waals surface area contributed by atoms with Crippen molar-refractivity contribution in [3.8, 4) is 0 Å². The van der Waals surface area contributed by atoms with Crippen molar-refractivity contribution in [2.24, 2.45) is 17.6 Å². The number of hydrogen-bond donors (Lipinski definition) is 3. The molecule has 5 unspecified atom stereocenters. The quantitative estimate of drug-likeness (QED) is 0.668. The van der Waals surface area contributed by atoms with E-state index in [1.54, 1.807) is 0 Å². The minimum absolute atomic E-state index is 0.148. The fourth-order valence-corrected chi connectivity index (χ4v) is 4.38. The van der Waals surface area contributed by atoms with E-state index < -0.39 is 0 Å². The van der Waals surface area contributed by atoms with Crippen molar-refractivity contribution >= 4 is 0 Å². The molecule has 4 nitrogen and oxygen atoms in total. The predicted octanol–water partition coefficient (Wildman–Crippen LogP) is 0.160. The van der Waals surface area contributed by atoms with E-state index in [4.69, 9.17) is 5.73 Å². The molecule has 0 amide bonds. The lowest BCUT2D eigenvalue weighted by atomic mass is 9.77. The van der Waals surface area contributed by atoms with Gasteiger partial charge < -0.3 is 21.1 Å². The first-order valence-electron chi connectivity index (χ1n) is 7.58. The van der Waals surface area contributed by atoms with Crippen LogP contribution in [0.25, 0.3) is 0 Å². The highest BCUT2D eigenvalue weighted by molar-refractivity contribution is 5.06. The largest absolute Gasteiger partial charge is 0.396 e. The van der Waals surface area contributed by atoms with Gasteiger partial charge in [-0.25, -0.2) is 0 Å². The second-order valence-corrected chi connectivity index (χ2v) is 6.52. The molecule has 0 radical (unpaired) electrons. The van der Waals surface area contributed by atoms with Gasteiger partial charge in [0.05, 0.1) is 0 Å². The maximum absolute atomic E-state index is 9.47. The molecule has 0 aromatic carbocycles. The molecule has 3 aliphatic rings. The molecule has 0 spiro atoms. The molecule has 18 heavy (non-hydrogen) atoms. The van der Waals surface area contributed by atoms with Gasteiger partial charge in [0.15, 0.2) is 0 Å². The molecule has 4 heteroatoms. The Hall–Kier alpha value is -0.160. The Morgan fingerprint density at radius 2 is 2.17 bits per heavy atom. The third kappa shape index (κ3) is 2.09. The SMILES string of the molecule is NCC1(NC2CCCC2CO)CCN2CCC1C2. The van der Waals surface area contributed by atoms with Crippen LogP contribution < -0.4 is 11.1 Å². The fourth-order valence-electron chi connectivity index (χ4n) is 4.38. The van der Waals surface area contributed by atoms with Crippen LogP contribution in [-0.2, 0) is 0 Å². The summed E-state index contributed by atoms with van der Waals surface area (Å²) >= 11 is 0. The van der Waals surface area contributed by atoms with Gasteiger partial charge >= 0.3 is 0 Å². The molecule has 3 rings (SSSR count). The molecular weight excluding hydrogens is 226 g/mol. The number of nitrogens with two attached hydrogens (primary N) is 1. The first-order valence-corrected chi connectivity index (χ1v) is 7.58. The Kier molecular flexibility index (Phi) is 3.63. The molecular formula is C14H27N3O. The van der Waals surface area contributed by atoms with Gasteiger partial charge in [0.1, 0.15) is 0 Å². The van der Waals surface area contributed by atoms with E-state index in [2.05, 4.69) is 10.2 Å². The van der Waals surface area contributed by atoms with E-state index in [-0.39, 0.29) is 5.54 Å². The van der Waals surface area contributed by atoms with E-state index >= 15 is 0 Å². The predicted molar refractivity (Wildman–Crippen MR) is 72.3 cm³/mol. The van der Waals surface area contributed by atoms with Gasteiger partial charge in [-0.15, -0.1) is 0 Å². The highest BCUT2D eigenvalue weighted by atomic mass is 16.3. The van der Waals surface area contributed by atoms with Crippen LogP contribution in [0.5, 0.6) is 0 Å². The van der Waals surface area contributed by atoms with Crippen LogP contribution >= 0.6 is 0 Å². The molecule has 3 fully saturated rings.